The van der Waals surface area contributed by atoms with Gasteiger partial charge < -0.3 is 20.0 Å². The molecule has 1 aliphatic heterocycles. The third-order valence-electron chi connectivity index (χ3n) is 4.34. The summed E-state index contributed by atoms with van der Waals surface area (Å²) < 4.78 is 18.4. The first-order valence-corrected chi connectivity index (χ1v) is 8.24. The Hall–Kier alpha value is -2.83. The first-order valence-electron chi connectivity index (χ1n) is 8.24. The second kappa shape index (κ2) is 7.83. The molecule has 132 valence electrons. The van der Waals surface area contributed by atoms with Crippen molar-refractivity contribution >= 4 is 17.6 Å². The highest BCUT2D eigenvalue weighted by atomic mass is 19.1. The lowest BCUT2D eigenvalue weighted by Gasteiger charge is -2.31. The Morgan fingerprint density at radius 3 is 2.64 bits per heavy atom. The summed E-state index contributed by atoms with van der Waals surface area (Å²) in [5, 5.41) is 5.26. The number of likely N-dealkylation sites (tertiary alicyclic amines) is 1. The van der Waals surface area contributed by atoms with Crippen molar-refractivity contribution in [3.63, 3.8) is 0 Å². The van der Waals surface area contributed by atoms with Gasteiger partial charge in [-0.15, -0.1) is 0 Å². The summed E-state index contributed by atoms with van der Waals surface area (Å²) in [6.45, 7) is 1.78. The highest BCUT2D eigenvalue weighted by Crippen LogP contribution is 2.19. The highest BCUT2D eigenvalue weighted by Gasteiger charge is 2.24. The van der Waals surface area contributed by atoms with Crippen LogP contribution in [0.2, 0.25) is 0 Å². The molecule has 2 N–H and O–H groups in total. The quantitative estimate of drug-likeness (QED) is 0.894. The van der Waals surface area contributed by atoms with Crippen molar-refractivity contribution in [3.8, 4) is 0 Å². The van der Waals surface area contributed by atoms with Gasteiger partial charge in [-0.2, -0.15) is 0 Å². The zero-order chi connectivity index (χ0) is 17.6. The molecule has 2 heterocycles. The molecule has 0 aliphatic carbocycles. The van der Waals surface area contributed by atoms with E-state index in [1.165, 1.54) is 24.7 Å². The monoisotopic (exact) mass is 345 g/mol. The van der Waals surface area contributed by atoms with E-state index in [2.05, 4.69) is 10.6 Å². The summed E-state index contributed by atoms with van der Waals surface area (Å²) in [4.78, 5) is 25.9. The zero-order valence-electron chi connectivity index (χ0n) is 13.7. The van der Waals surface area contributed by atoms with E-state index in [0.29, 0.717) is 31.1 Å². The van der Waals surface area contributed by atoms with Gasteiger partial charge in [-0.1, -0.05) is 12.1 Å². The molecule has 0 unspecified atom stereocenters. The van der Waals surface area contributed by atoms with Crippen molar-refractivity contribution in [2.75, 3.05) is 25.0 Å². The number of urea groups is 1. The fourth-order valence-electron chi connectivity index (χ4n) is 2.88. The minimum atomic E-state index is -0.469. The topological polar surface area (TPSA) is 74.6 Å². The molecule has 3 amide bonds. The van der Waals surface area contributed by atoms with E-state index < -0.39 is 11.8 Å². The molecule has 2 aromatic rings. The lowest BCUT2D eigenvalue weighted by atomic mass is 9.96. The van der Waals surface area contributed by atoms with Crippen molar-refractivity contribution in [3.05, 3.63) is 54.2 Å². The molecule has 6 nitrogen and oxygen atoms in total. The molecular formula is C18H20FN3O3. The van der Waals surface area contributed by atoms with Crippen LogP contribution >= 0.6 is 0 Å². The number of furan rings is 1. The Balaban J connectivity index is 1.41. The Morgan fingerprint density at radius 1 is 1.20 bits per heavy atom. The summed E-state index contributed by atoms with van der Waals surface area (Å²) in [6.07, 6.45) is 4.55. The van der Waals surface area contributed by atoms with Gasteiger partial charge in [0, 0.05) is 19.6 Å². The van der Waals surface area contributed by atoms with E-state index in [9.17, 15) is 14.0 Å². The van der Waals surface area contributed by atoms with Crippen LogP contribution in [-0.4, -0.2) is 36.5 Å². The third kappa shape index (κ3) is 4.37. The highest BCUT2D eigenvalue weighted by molar-refractivity contribution is 5.93. The summed E-state index contributed by atoms with van der Waals surface area (Å²) in [7, 11) is 0. The number of carbonyl (C=O) groups excluding carboxylic acids is 2. The lowest BCUT2D eigenvalue weighted by Crippen LogP contribution is -2.42. The fourth-order valence-corrected chi connectivity index (χ4v) is 2.88. The number of nitrogens with zero attached hydrogens (tertiary/aromatic N) is 1. The van der Waals surface area contributed by atoms with Gasteiger partial charge in [0.15, 0.2) is 0 Å². The Morgan fingerprint density at radius 2 is 1.96 bits per heavy atom. The van der Waals surface area contributed by atoms with Crippen LogP contribution in [0.4, 0.5) is 14.9 Å². The van der Waals surface area contributed by atoms with E-state index in [1.54, 1.807) is 23.1 Å². The maximum Gasteiger partial charge on any atom is 0.319 e. The first kappa shape index (κ1) is 17.0. The Labute approximate surface area is 145 Å². The lowest BCUT2D eigenvalue weighted by molar-refractivity contribution is 0.0690. The van der Waals surface area contributed by atoms with Crippen LogP contribution in [0.25, 0.3) is 0 Å². The third-order valence-corrected chi connectivity index (χ3v) is 4.34. The largest absolute Gasteiger partial charge is 0.472 e. The minimum absolute atomic E-state index is 0.0301. The molecule has 1 aromatic carbocycles. The first-order chi connectivity index (χ1) is 12.1. The number of hydrogen-bond donors (Lipinski definition) is 2. The average Bonchev–Trinajstić information content (AvgIpc) is 3.16. The van der Waals surface area contributed by atoms with Gasteiger partial charge in [0.1, 0.15) is 12.1 Å². The van der Waals surface area contributed by atoms with E-state index >= 15 is 0 Å². The molecule has 1 saturated heterocycles. The fraction of sp³-hybridized carbons (Fsp3) is 0.333. The van der Waals surface area contributed by atoms with Gasteiger partial charge in [-0.25, -0.2) is 9.18 Å². The second-order valence-electron chi connectivity index (χ2n) is 6.06. The Bertz CT molecular complexity index is 725. The SMILES string of the molecule is O=C(NCC1CCN(C(=O)c2ccoc2)CC1)Nc1ccccc1F. The maximum atomic E-state index is 13.5. The molecule has 0 spiro atoms. The van der Waals surface area contributed by atoms with Crippen molar-refractivity contribution in [1.29, 1.82) is 0 Å². The van der Waals surface area contributed by atoms with Crippen LogP contribution in [-0.2, 0) is 0 Å². The molecule has 1 aliphatic rings. The number of piperidine rings is 1. The van der Waals surface area contributed by atoms with E-state index in [0.717, 1.165) is 12.8 Å². The van der Waals surface area contributed by atoms with Crippen LogP contribution in [0.5, 0.6) is 0 Å². The van der Waals surface area contributed by atoms with Crippen molar-refractivity contribution in [1.82, 2.24) is 10.2 Å². The standard InChI is InChI=1S/C18H20FN3O3/c19-15-3-1-2-4-16(15)21-18(24)20-11-13-5-8-22(9-6-13)17(23)14-7-10-25-12-14/h1-4,7,10,12-13H,5-6,8-9,11H2,(H2,20,21,24). The van der Waals surface area contributed by atoms with Gasteiger partial charge in [0.05, 0.1) is 17.5 Å². The summed E-state index contributed by atoms with van der Waals surface area (Å²) >= 11 is 0. The number of benzene rings is 1. The number of rotatable bonds is 4. The number of halogens is 1. The average molecular weight is 345 g/mol. The van der Waals surface area contributed by atoms with Gasteiger partial charge in [-0.05, 0) is 37.0 Å². The molecule has 0 bridgehead atoms. The van der Waals surface area contributed by atoms with Gasteiger partial charge in [0.25, 0.3) is 5.91 Å². The maximum absolute atomic E-state index is 13.5. The number of nitrogens with one attached hydrogen (secondary N) is 2. The predicted octanol–water partition coefficient (Wildman–Crippen LogP) is 3.09. The molecule has 0 atom stereocenters. The Kier molecular flexibility index (Phi) is 5.33. The van der Waals surface area contributed by atoms with Crippen molar-refractivity contribution < 1.29 is 18.4 Å². The predicted molar refractivity (Wildman–Crippen MR) is 90.8 cm³/mol. The minimum Gasteiger partial charge on any atom is -0.472 e. The second-order valence-corrected chi connectivity index (χ2v) is 6.06. The van der Waals surface area contributed by atoms with E-state index in [1.807, 2.05) is 0 Å². The molecule has 3 rings (SSSR count). The van der Waals surface area contributed by atoms with Crippen LogP contribution in [0, 0.1) is 11.7 Å². The van der Waals surface area contributed by atoms with Crippen LogP contribution in [0.3, 0.4) is 0 Å². The van der Waals surface area contributed by atoms with Crippen molar-refractivity contribution in [2.24, 2.45) is 5.92 Å². The molecular weight excluding hydrogens is 325 g/mol. The molecule has 7 heteroatoms. The van der Waals surface area contributed by atoms with Gasteiger partial charge >= 0.3 is 6.03 Å². The van der Waals surface area contributed by atoms with Crippen molar-refractivity contribution in [2.45, 2.75) is 12.8 Å². The summed E-state index contributed by atoms with van der Waals surface area (Å²) in [5.41, 5.74) is 0.710. The molecule has 1 fully saturated rings. The summed E-state index contributed by atoms with van der Waals surface area (Å²) in [5.74, 6) is -0.207. The number of para-hydroxylation sites is 1. The number of amides is 3. The van der Waals surface area contributed by atoms with Crippen LogP contribution in [0.15, 0.2) is 47.3 Å². The molecule has 0 radical (unpaired) electrons. The van der Waals surface area contributed by atoms with Crippen LogP contribution in [0.1, 0.15) is 23.2 Å². The summed E-state index contributed by atoms with van der Waals surface area (Å²) in [6, 6.07) is 7.25. The van der Waals surface area contributed by atoms with Crippen LogP contribution < -0.4 is 10.6 Å². The van der Waals surface area contributed by atoms with E-state index in [4.69, 9.17) is 4.42 Å². The van der Waals surface area contributed by atoms with Gasteiger partial charge in [-0.3, -0.25) is 4.79 Å². The number of carbonyl (C=O) groups is 2. The zero-order valence-corrected chi connectivity index (χ0v) is 13.7. The van der Waals surface area contributed by atoms with E-state index in [-0.39, 0.29) is 11.6 Å². The molecule has 0 saturated carbocycles. The molecule has 1 aromatic heterocycles. The van der Waals surface area contributed by atoms with Gasteiger partial charge in [0.2, 0.25) is 0 Å². The number of hydrogen-bond acceptors (Lipinski definition) is 3. The smallest absolute Gasteiger partial charge is 0.319 e. The molecule has 25 heavy (non-hydrogen) atoms. The normalized spacial score (nSPS) is 15.0. The number of anilines is 1.